The van der Waals surface area contributed by atoms with Crippen molar-refractivity contribution in [2.45, 2.75) is 25.7 Å². The normalized spacial score (nSPS) is 21.3. The highest BCUT2D eigenvalue weighted by molar-refractivity contribution is 5.55. The fourth-order valence-corrected chi connectivity index (χ4v) is 3.84. The molecule has 0 bridgehead atoms. The van der Waals surface area contributed by atoms with Crippen LogP contribution in [0.2, 0.25) is 0 Å². The van der Waals surface area contributed by atoms with Crippen molar-refractivity contribution in [2.75, 3.05) is 20.1 Å². The van der Waals surface area contributed by atoms with Crippen molar-refractivity contribution in [1.82, 2.24) is 4.90 Å². The summed E-state index contributed by atoms with van der Waals surface area (Å²) in [6.45, 7) is 2.16. The highest BCUT2D eigenvalue weighted by atomic mass is 15.1. The van der Waals surface area contributed by atoms with Crippen LogP contribution in [0.5, 0.6) is 0 Å². The van der Waals surface area contributed by atoms with Crippen LogP contribution in [0.4, 0.5) is 0 Å². The van der Waals surface area contributed by atoms with E-state index in [1.165, 1.54) is 35.1 Å². The Bertz CT molecular complexity index is 838. The van der Waals surface area contributed by atoms with E-state index in [0.717, 1.165) is 31.6 Å². The first kappa shape index (κ1) is 20.0. The van der Waals surface area contributed by atoms with Crippen LogP contribution in [-0.2, 0) is 6.42 Å². The molecule has 4 nitrogen and oxygen atoms in total. The predicted molar refractivity (Wildman–Crippen MR) is 119 cm³/mol. The first-order chi connectivity index (χ1) is 13.5. The molecule has 6 N–H and O–H groups in total. The van der Waals surface area contributed by atoms with E-state index in [0.29, 0.717) is 0 Å². The Kier molecular flexibility index (Phi) is 6.77. The first-order valence-corrected chi connectivity index (χ1v) is 10.0. The zero-order valence-electron chi connectivity index (χ0n) is 16.8. The minimum absolute atomic E-state index is 0.269. The van der Waals surface area contributed by atoms with Crippen LogP contribution in [-0.4, -0.2) is 25.0 Å². The number of hydrogen-bond donors (Lipinski definition) is 3. The maximum atomic E-state index is 6.07. The number of allylic oxidation sites excluding steroid dienone is 5. The molecule has 4 heteroatoms. The van der Waals surface area contributed by atoms with Gasteiger partial charge in [-0.15, -0.1) is 0 Å². The lowest BCUT2D eigenvalue weighted by atomic mass is 9.85. The Morgan fingerprint density at radius 2 is 1.89 bits per heavy atom. The van der Waals surface area contributed by atoms with Crippen molar-refractivity contribution in [3.63, 3.8) is 0 Å². The van der Waals surface area contributed by atoms with Gasteiger partial charge in [-0.25, -0.2) is 0 Å². The lowest BCUT2D eigenvalue weighted by Crippen LogP contribution is -2.30. The van der Waals surface area contributed by atoms with Gasteiger partial charge in [-0.3, -0.25) is 0 Å². The van der Waals surface area contributed by atoms with E-state index in [2.05, 4.69) is 60.5 Å². The molecule has 0 radical (unpaired) electrons. The van der Waals surface area contributed by atoms with Gasteiger partial charge in [-0.1, -0.05) is 48.6 Å². The third-order valence-electron chi connectivity index (χ3n) is 5.47. The number of fused-ring (bicyclic) bond motifs is 2. The van der Waals surface area contributed by atoms with Crippen molar-refractivity contribution in [3.05, 3.63) is 88.4 Å². The molecule has 0 amide bonds. The summed E-state index contributed by atoms with van der Waals surface area (Å²) in [5.41, 5.74) is 23.5. The van der Waals surface area contributed by atoms with Crippen LogP contribution in [0.15, 0.2) is 77.3 Å². The van der Waals surface area contributed by atoms with Crippen LogP contribution >= 0.6 is 0 Å². The number of likely N-dealkylation sites (N-methyl/N-ethyl adjacent to an activating group) is 1. The summed E-state index contributed by atoms with van der Waals surface area (Å²) in [5.74, 6) is 0.556. The van der Waals surface area contributed by atoms with Gasteiger partial charge in [0.15, 0.2) is 0 Å². The summed E-state index contributed by atoms with van der Waals surface area (Å²) >= 11 is 0. The van der Waals surface area contributed by atoms with Gasteiger partial charge in [0, 0.05) is 24.7 Å². The number of nitrogens with zero attached hydrogens (tertiary/aromatic N) is 1. The van der Waals surface area contributed by atoms with Crippen LogP contribution in [0.25, 0.3) is 6.08 Å². The lowest BCUT2D eigenvalue weighted by molar-refractivity contribution is 0.344. The van der Waals surface area contributed by atoms with Gasteiger partial charge in [0.05, 0.1) is 5.82 Å². The van der Waals surface area contributed by atoms with Gasteiger partial charge in [0.25, 0.3) is 0 Å². The van der Waals surface area contributed by atoms with E-state index in [4.69, 9.17) is 17.2 Å². The Morgan fingerprint density at radius 3 is 2.68 bits per heavy atom. The molecule has 0 aromatic heterocycles. The molecule has 3 aliphatic rings. The van der Waals surface area contributed by atoms with E-state index >= 15 is 0 Å². The van der Waals surface area contributed by atoms with Gasteiger partial charge < -0.3 is 22.1 Å². The van der Waals surface area contributed by atoms with Gasteiger partial charge in [0.2, 0.25) is 0 Å². The highest BCUT2D eigenvalue weighted by Gasteiger charge is 2.21. The van der Waals surface area contributed by atoms with E-state index in [-0.39, 0.29) is 11.7 Å². The fraction of sp³-hybridized carbons (Fsp3) is 0.333. The number of likely N-dealkylation sites (tertiary alicyclic amines) is 1. The van der Waals surface area contributed by atoms with Crippen molar-refractivity contribution in [1.29, 1.82) is 0 Å². The molecule has 28 heavy (non-hydrogen) atoms. The predicted octanol–water partition coefficient (Wildman–Crippen LogP) is 3.44. The van der Waals surface area contributed by atoms with Crippen molar-refractivity contribution in [2.24, 2.45) is 23.1 Å². The average molecular weight is 377 g/mol. The highest BCUT2D eigenvalue weighted by Crippen LogP contribution is 2.31. The van der Waals surface area contributed by atoms with Crippen LogP contribution in [0.3, 0.4) is 0 Å². The Labute approximate surface area is 168 Å². The van der Waals surface area contributed by atoms with Crippen molar-refractivity contribution >= 4 is 6.08 Å². The molecule has 0 spiro atoms. The zero-order chi connectivity index (χ0) is 19.9. The molecule has 2 aliphatic carbocycles. The molecule has 4 rings (SSSR count). The minimum Gasteiger partial charge on any atom is -0.402 e. The first-order valence-electron chi connectivity index (χ1n) is 10.0. The third-order valence-corrected chi connectivity index (χ3v) is 5.47. The number of hydrogen-bond acceptors (Lipinski definition) is 4. The molecule has 1 unspecified atom stereocenters. The Balaban J connectivity index is 0.000000188. The summed E-state index contributed by atoms with van der Waals surface area (Å²) in [6.07, 6.45) is 17.1. The molecule has 1 aromatic rings. The SMILES string of the molecule is C1=Cc2ccccc2CC1.CN1CCC2=CCC(/C(N)=C/C=C(N)N)C=C2C1. The summed E-state index contributed by atoms with van der Waals surface area (Å²) in [7, 11) is 2.15. The zero-order valence-corrected chi connectivity index (χ0v) is 16.8. The molecule has 1 aromatic carbocycles. The number of rotatable bonds is 2. The van der Waals surface area contributed by atoms with Gasteiger partial charge in [-0.2, -0.15) is 0 Å². The second-order valence-corrected chi connectivity index (χ2v) is 7.72. The Morgan fingerprint density at radius 1 is 1.07 bits per heavy atom. The fourth-order valence-electron chi connectivity index (χ4n) is 3.84. The maximum absolute atomic E-state index is 6.07. The topological polar surface area (TPSA) is 81.3 Å². The molecular formula is C24H32N4. The quantitative estimate of drug-likeness (QED) is 0.691. The molecule has 1 saturated heterocycles. The van der Waals surface area contributed by atoms with E-state index in [1.807, 2.05) is 6.08 Å². The van der Waals surface area contributed by atoms with Crippen LogP contribution in [0, 0.1) is 5.92 Å². The maximum Gasteiger partial charge on any atom is 0.0934 e. The van der Waals surface area contributed by atoms with Gasteiger partial charge in [0.1, 0.15) is 0 Å². The monoisotopic (exact) mass is 376 g/mol. The summed E-state index contributed by atoms with van der Waals surface area (Å²) in [5, 5.41) is 0. The van der Waals surface area contributed by atoms with Gasteiger partial charge >= 0.3 is 0 Å². The standard InChI is InChI=1S/C14H22N4.C10H10/c1-18-7-6-10-2-3-11(8-12(10)9-18)13(15)4-5-14(16)17;1-2-6-10-8-4-3-7-9(10)5-1/h2,4-5,8,11H,3,6-7,9,15-17H2,1H3;1-3,5-7H,4,8H2/b13-4-;. The molecule has 1 fully saturated rings. The minimum atomic E-state index is 0.269. The lowest BCUT2D eigenvalue weighted by Gasteiger charge is -2.31. The third kappa shape index (κ3) is 5.40. The summed E-state index contributed by atoms with van der Waals surface area (Å²) < 4.78 is 0. The molecule has 0 saturated carbocycles. The summed E-state index contributed by atoms with van der Waals surface area (Å²) in [4.78, 5) is 2.34. The number of aryl methyl sites for hydroxylation is 1. The molecule has 148 valence electrons. The number of nitrogens with two attached hydrogens (primary N) is 3. The van der Waals surface area contributed by atoms with E-state index in [1.54, 1.807) is 6.08 Å². The van der Waals surface area contributed by atoms with Crippen molar-refractivity contribution in [3.8, 4) is 0 Å². The molecule has 1 aliphatic heterocycles. The average Bonchev–Trinajstić information content (AvgIpc) is 2.72. The molecular weight excluding hydrogens is 344 g/mol. The summed E-state index contributed by atoms with van der Waals surface area (Å²) in [6, 6.07) is 8.58. The van der Waals surface area contributed by atoms with Gasteiger partial charge in [-0.05, 0) is 67.2 Å². The molecule has 1 atom stereocenters. The number of piperidine rings is 1. The van der Waals surface area contributed by atoms with E-state index in [9.17, 15) is 0 Å². The largest absolute Gasteiger partial charge is 0.402 e. The number of benzene rings is 1. The van der Waals surface area contributed by atoms with Crippen molar-refractivity contribution < 1.29 is 0 Å². The second-order valence-electron chi connectivity index (χ2n) is 7.72. The Hall–Kier alpha value is -2.72. The smallest absolute Gasteiger partial charge is 0.0934 e. The molecule has 1 heterocycles. The van der Waals surface area contributed by atoms with Crippen LogP contribution in [0.1, 0.15) is 30.4 Å². The second kappa shape index (κ2) is 9.47. The van der Waals surface area contributed by atoms with E-state index < -0.39 is 0 Å². The van der Waals surface area contributed by atoms with Crippen LogP contribution < -0.4 is 17.2 Å².